The van der Waals surface area contributed by atoms with Crippen LogP contribution in [0.4, 0.5) is 6.01 Å². The van der Waals surface area contributed by atoms with Crippen LogP contribution in [0.3, 0.4) is 0 Å². The van der Waals surface area contributed by atoms with Gasteiger partial charge in [0.05, 0.1) is 6.54 Å². The summed E-state index contributed by atoms with van der Waals surface area (Å²) in [6.07, 6.45) is 5.58. The molecule has 4 rings (SSSR count). The van der Waals surface area contributed by atoms with Crippen LogP contribution in [0.25, 0.3) is 11.1 Å². The van der Waals surface area contributed by atoms with E-state index in [9.17, 15) is 0 Å². The first-order chi connectivity index (χ1) is 11.3. The van der Waals surface area contributed by atoms with Crippen molar-refractivity contribution >= 4 is 17.1 Å². The van der Waals surface area contributed by atoms with Crippen LogP contribution in [-0.4, -0.2) is 34.1 Å². The molecule has 3 heterocycles. The Hall–Kier alpha value is -2.63. The number of aromatic nitrogens is 3. The Balaban J connectivity index is 1.49. The highest BCUT2D eigenvalue weighted by atomic mass is 16.5. The highest BCUT2D eigenvalue weighted by Crippen LogP contribution is 2.25. The molecule has 1 aliphatic rings. The van der Waals surface area contributed by atoms with Crippen LogP contribution >= 0.6 is 0 Å². The summed E-state index contributed by atoms with van der Waals surface area (Å²) < 4.78 is 11.8. The number of hydrogen-bond donors (Lipinski definition) is 0. The summed E-state index contributed by atoms with van der Waals surface area (Å²) in [7, 11) is 0. The normalized spacial score (nSPS) is 18.3. The topological polar surface area (TPSA) is 64.3 Å². The number of nitrogens with zero attached hydrogens (tertiary/aromatic N) is 4. The zero-order valence-electron chi connectivity index (χ0n) is 13.0. The molecule has 0 spiro atoms. The number of aryl methyl sites for hydroxylation is 1. The molecule has 2 aromatic heterocycles. The van der Waals surface area contributed by atoms with E-state index in [1.54, 1.807) is 12.4 Å². The van der Waals surface area contributed by atoms with Crippen LogP contribution in [0, 0.1) is 6.92 Å². The van der Waals surface area contributed by atoms with Gasteiger partial charge in [-0.15, -0.1) is 0 Å². The molecule has 0 amide bonds. The summed E-state index contributed by atoms with van der Waals surface area (Å²) >= 11 is 0. The Morgan fingerprint density at radius 2 is 2.04 bits per heavy atom. The van der Waals surface area contributed by atoms with Gasteiger partial charge in [-0.3, -0.25) is 0 Å². The monoisotopic (exact) mass is 310 g/mol. The van der Waals surface area contributed by atoms with Gasteiger partial charge >= 0.3 is 6.01 Å². The Labute approximate surface area is 134 Å². The van der Waals surface area contributed by atoms with Gasteiger partial charge in [0.2, 0.25) is 0 Å². The van der Waals surface area contributed by atoms with E-state index >= 15 is 0 Å². The molecule has 1 atom stereocenters. The van der Waals surface area contributed by atoms with E-state index in [4.69, 9.17) is 9.15 Å². The molecule has 1 aromatic carbocycles. The molecule has 3 aromatic rings. The zero-order chi connectivity index (χ0) is 15.6. The smallest absolute Gasteiger partial charge is 0.316 e. The van der Waals surface area contributed by atoms with Crippen LogP contribution < -0.4 is 9.64 Å². The minimum atomic E-state index is 0.0430. The summed E-state index contributed by atoms with van der Waals surface area (Å²) in [5.74, 6) is 0. The molecule has 6 nitrogen and oxygen atoms in total. The maximum Gasteiger partial charge on any atom is 0.316 e. The molecule has 0 bridgehead atoms. The van der Waals surface area contributed by atoms with E-state index in [2.05, 4.69) is 19.9 Å². The standard InChI is InChI=1S/C17H18N4O2/c1-12-9-18-16(19-10-12)22-13-5-4-8-21(11-13)17-20-14-6-2-3-7-15(14)23-17/h2-3,6-7,9-10,13H,4-5,8,11H2,1H3. The molecule has 1 saturated heterocycles. The van der Waals surface area contributed by atoms with Gasteiger partial charge in [0.15, 0.2) is 5.58 Å². The lowest BCUT2D eigenvalue weighted by Crippen LogP contribution is -2.41. The van der Waals surface area contributed by atoms with Crippen molar-refractivity contribution in [2.75, 3.05) is 18.0 Å². The maximum atomic E-state index is 5.90. The number of hydrogen-bond acceptors (Lipinski definition) is 6. The lowest BCUT2D eigenvalue weighted by atomic mass is 10.1. The highest BCUT2D eigenvalue weighted by Gasteiger charge is 2.25. The van der Waals surface area contributed by atoms with Crippen molar-refractivity contribution < 1.29 is 9.15 Å². The third-order valence-corrected chi connectivity index (χ3v) is 3.96. The van der Waals surface area contributed by atoms with Crippen LogP contribution in [-0.2, 0) is 0 Å². The van der Waals surface area contributed by atoms with Crippen LogP contribution in [0.5, 0.6) is 6.01 Å². The predicted octanol–water partition coefficient (Wildman–Crippen LogP) is 2.97. The Kier molecular flexibility index (Phi) is 3.57. The quantitative estimate of drug-likeness (QED) is 0.741. The number of anilines is 1. The molecule has 1 fully saturated rings. The van der Waals surface area contributed by atoms with Gasteiger partial charge in [-0.25, -0.2) is 9.97 Å². The predicted molar refractivity (Wildman–Crippen MR) is 86.6 cm³/mol. The second-order valence-corrected chi connectivity index (χ2v) is 5.84. The van der Waals surface area contributed by atoms with Gasteiger partial charge in [0.1, 0.15) is 11.6 Å². The van der Waals surface area contributed by atoms with Crippen molar-refractivity contribution in [2.45, 2.75) is 25.9 Å². The van der Waals surface area contributed by atoms with Crippen molar-refractivity contribution in [3.05, 3.63) is 42.2 Å². The van der Waals surface area contributed by atoms with Gasteiger partial charge in [-0.2, -0.15) is 4.98 Å². The molecule has 23 heavy (non-hydrogen) atoms. The average molecular weight is 310 g/mol. The second-order valence-electron chi connectivity index (χ2n) is 5.84. The Morgan fingerprint density at radius 3 is 2.87 bits per heavy atom. The summed E-state index contributed by atoms with van der Waals surface area (Å²) in [6, 6.07) is 8.90. The molecule has 6 heteroatoms. The minimum absolute atomic E-state index is 0.0430. The minimum Gasteiger partial charge on any atom is -0.458 e. The molecular formula is C17H18N4O2. The molecule has 1 unspecified atom stereocenters. The number of piperidine rings is 1. The first kappa shape index (κ1) is 14.0. The summed E-state index contributed by atoms with van der Waals surface area (Å²) in [4.78, 5) is 15.1. The van der Waals surface area contributed by atoms with E-state index in [1.807, 2.05) is 31.2 Å². The van der Waals surface area contributed by atoms with Gasteiger partial charge in [0.25, 0.3) is 6.01 Å². The van der Waals surface area contributed by atoms with Crippen LogP contribution in [0.2, 0.25) is 0 Å². The summed E-state index contributed by atoms with van der Waals surface area (Å²) in [6.45, 7) is 3.60. The lowest BCUT2D eigenvalue weighted by Gasteiger charge is -2.31. The van der Waals surface area contributed by atoms with Crippen molar-refractivity contribution in [1.29, 1.82) is 0 Å². The summed E-state index contributed by atoms with van der Waals surface area (Å²) in [5, 5.41) is 0. The largest absolute Gasteiger partial charge is 0.458 e. The number of oxazole rings is 1. The number of fused-ring (bicyclic) bond motifs is 1. The van der Waals surface area contributed by atoms with Crippen molar-refractivity contribution in [2.24, 2.45) is 0 Å². The second kappa shape index (κ2) is 5.87. The van der Waals surface area contributed by atoms with E-state index < -0.39 is 0 Å². The van der Waals surface area contributed by atoms with Gasteiger partial charge in [-0.05, 0) is 37.5 Å². The third-order valence-electron chi connectivity index (χ3n) is 3.96. The molecule has 1 aliphatic heterocycles. The first-order valence-electron chi connectivity index (χ1n) is 7.84. The molecule has 0 aliphatic carbocycles. The molecule has 0 N–H and O–H groups in total. The number of ether oxygens (including phenoxy) is 1. The fourth-order valence-corrected chi connectivity index (χ4v) is 2.79. The molecule has 0 radical (unpaired) electrons. The summed E-state index contributed by atoms with van der Waals surface area (Å²) in [5.41, 5.74) is 2.72. The molecule has 0 saturated carbocycles. The van der Waals surface area contributed by atoms with E-state index in [0.29, 0.717) is 12.0 Å². The van der Waals surface area contributed by atoms with Crippen LogP contribution in [0.15, 0.2) is 41.1 Å². The van der Waals surface area contributed by atoms with Crippen molar-refractivity contribution in [3.8, 4) is 6.01 Å². The average Bonchev–Trinajstić information content (AvgIpc) is 3.01. The molecule has 118 valence electrons. The number of benzene rings is 1. The Bertz CT molecular complexity index is 767. The number of para-hydroxylation sites is 2. The highest BCUT2D eigenvalue weighted by molar-refractivity contribution is 5.74. The van der Waals surface area contributed by atoms with E-state index in [1.165, 1.54) is 0 Å². The van der Waals surface area contributed by atoms with Crippen molar-refractivity contribution in [3.63, 3.8) is 0 Å². The maximum absolute atomic E-state index is 5.90. The number of rotatable bonds is 3. The van der Waals surface area contributed by atoms with E-state index in [-0.39, 0.29) is 6.10 Å². The van der Waals surface area contributed by atoms with Gasteiger partial charge < -0.3 is 14.1 Å². The molecular weight excluding hydrogens is 292 g/mol. The fourth-order valence-electron chi connectivity index (χ4n) is 2.79. The SMILES string of the molecule is Cc1cnc(OC2CCCN(c3nc4ccccc4o3)C2)nc1. The third kappa shape index (κ3) is 2.97. The fraction of sp³-hybridized carbons (Fsp3) is 0.353. The van der Waals surface area contributed by atoms with E-state index in [0.717, 1.165) is 42.6 Å². The lowest BCUT2D eigenvalue weighted by molar-refractivity contribution is 0.162. The zero-order valence-corrected chi connectivity index (χ0v) is 13.0. The first-order valence-corrected chi connectivity index (χ1v) is 7.84. The van der Waals surface area contributed by atoms with Crippen molar-refractivity contribution in [1.82, 2.24) is 15.0 Å². The van der Waals surface area contributed by atoms with Gasteiger partial charge in [0, 0.05) is 18.9 Å². The van der Waals surface area contributed by atoms with Crippen LogP contribution in [0.1, 0.15) is 18.4 Å². The Morgan fingerprint density at radius 1 is 1.22 bits per heavy atom. The van der Waals surface area contributed by atoms with Gasteiger partial charge in [-0.1, -0.05) is 12.1 Å².